The number of rotatable bonds is 11. The van der Waals surface area contributed by atoms with Crippen LogP contribution >= 0.6 is 0 Å². The summed E-state index contributed by atoms with van der Waals surface area (Å²) in [5.41, 5.74) is 8.99. The Morgan fingerprint density at radius 1 is 0.950 bits per heavy atom. The number of hydrogen-bond acceptors (Lipinski definition) is 3. The van der Waals surface area contributed by atoms with Crippen LogP contribution in [0.5, 0.6) is 0 Å². The maximum atomic E-state index is 13.7. The fourth-order valence-electron chi connectivity index (χ4n) is 5.94. The summed E-state index contributed by atoms with van der Waals surface area (Å²) in [6, 6.07) is 22.5. The summed E-state index contributed by atoms with van der Waals surface area (Å²) in [7, 11) is 0. The number of fused-ring (bicyclic) bond motifs is 1. The first kappa shape index (κ1) is 27.6. The standard InChI is InChI=1S/C34H39N3O3/c1-2-8-29(32(35)38)30(20-23-14-15-23)33(39)36-31-13-5-6-18-37(34(31)40)22-24-9-7-12-26(19-24)28-17-16-25-10-3-4-11-27(25)21-28/h2-4,7,9-12,16-17,19,21,23,29-31H,1,5-6,8,13-15,18,20,22H2,(H2,35,38)(H,36,39)/t29?,30?,31-/m0/s1. The molecule has 40 heavy (non-hydrogen) atoms. The van der Waals surface area contributed by atoms with Crippen molar-refractivity contribution < 1.29 is 14.4 Å². The van der Waals surface area contributed by atoms with Gasteiger partial charge in [0.2, 0.25) is 17.7 Å². The zero-order valence-corrected chi connectivity index (χ0v) is 23.1. The van der Waals surface area contributed by atoms with Gasteiger partial charge >= 0.3 is 0 Å². The average Bonchev–Trinajstić information content (AvgIpc) is 3.80. The Labute approximate surface area is 236 Å². The number of nitrogens with zero attached hydrogens (tertiary/aromatic N) is 1. The van der Waals surface area contributed by atoms with E-state index in [9.17, 15) is 14.4 Å². The van der Waals surface area contributed by atoms with Crippen molar-refractivity contribution in [2.24, 2.45) is 23.5 Å². The van der Waals surface area contributed by atoms with E-state index >= 15 is 0 Å². The minimum absolute atomic E-state index is 0.0634. The lowest BCUT2D eigenvalue weighted by molar-refractivity contribution is -0.139. The molecule has 1 aliphatic carbocycles. The number of allylic oxidation sites excluding steroid dienone is 1. The van der Waals surface area contributed by atoms with E-state index in [0.29, 0.717) is 38.3 Å². The third-order valence-electron chi connectivity index (χ3n) is 8.37. The minimum Gasteiger partial charge on any atom is -0.369 e. The molecule has 0 spiro atoms. The molecule has 6 heteroatoms. The summed E-state index contributed by atoms with van der Waals surface area (Å²) < 4.78 is 0. The van der Waals surface area contributed by atoms with Crippen LogP contribution < -0.4 is 11.1 Å². The minimum atomic E-state index is -0.604. The molecule has 6 nitrogen and oxygen atoms in total. The van der Waals surface area contributed by atoms with Gasteiger partial charge in [-0.15, -0.1) is 6.58 Å². The summed E-state index contributed by atoms with van der Waals surface area (Å²) in [5, 5.41) is 5.43. The van der Waals surface area contributed by atoms with Gasteiger partial charge in [0.25, 0.3) is 0 Å². The normalized spacial score (nSPS) is 19.1. The van der Waals surface area contributed by atoms with Gasteiger partial charge < -0.3 is 16.0 Å². The maximum absolute atomic E-state index is 13.7. The van der Waals surface area contributed by atoms with E-state index in [0.717, 1.165) is 42.4 Å². The van der Waals surface area contributed by atoms with Crippen molar-refractivity contribution >= 4 is 28.5 Å². The van der Waals surface area contributed by atoms with E-state index in [1.54, 1.807) is 6.08 Å². The van der Waals surface area contributed by atoms with E-state index in [1.165, 1.54) is 10.8 Å². The van der Waals surface area contributed by atoms with E-state index in [4.69, 9.17) is 5.73 Å². The number of primary amides is 1. The molecule has 1 aliphatic heterocycles. The van der Waals surface area contributed by atoms with Crippen LogP contribution in [-0.2, 0) is 20.9 Å². The van der Waals surface area contributed by atoms with Gasteiger partial charge in [0.05, 0.1) is 11.8 Å². The molecule has 3 aromatic rings. The second kappa shape index (κ2) is 12.5. The van der Waals surface area contributed by atoms with E-state index in [-0.39, 0.29) is 11.8 Å². The van der Waals surface area contributed by atoms with Crippen LogP contribution in [0.4, 0.5) is 0 Å². The zero-order valence-electron chi connectivity index (χ0n) is 23.1. The molecule has 1 saturated carbocycles. The molecule has 3 amide bonds. The van der Waals surface area contributed by atoms with Crippen LogP contribution in [-0.4, -0.2) is 35.2 Å². The smallest absolute Gasteiger partial charge is 0.245 e. The first-order valence-corrected chi connectivity index (χ1v) is 14.5. The number of carbonyl (C=O) groups excluding carboxylic acids is 3. The van der Waals surface area contributed by atoms with Gasteiger partial charge in [-0.2, -0.15) is 0 Å². The molecule has 208 valence electrons. The molecular weight excluding hydrogens is 498 g/mol. The van der Waals surface area contributed by atoms with Crippen molar-refractivity contribution in [3.63, 3.8) is 0 Å². The molecule has 5 rings (SSSR count). The largest absolute Gasteiger partial charge is 0.369 e. The molecule has 2 unspecified atom stereocenters. The monoisotopic (exact) mass is 537 g/mol. The number of amides is 3. The van der Waals surface area contributed by atoms with Crippen LogP contribution in [0.15, 0.2) is 79.4 Å². The fraction of sp³-hybridized carbons (Fsp3) is 0.382. The van der Waals surface area contributed by atoms with Crippen molar-refractivity contribution in [2.75, 3.05) is 6.54 Å². The SMILES string of the molecule is C=CCC(C(N)=O)C(CC1CC1)C(=O)N[C@H]1CCCCN(Cc2cccc(-c3ccc4ccccc4c3)c2)C1=O. The number of hydrogen-bond donors (Lipinski definition) is 2. The third-order valence-corrected chi connectivity index (χ3v) is 8.37. The van der Waals surface area contributed by atoms with Crippen molar-refractivity contribution in [1.82, 2.24) is 10.2 Å². The van der Waals surface area contributed by atoms with Gasteiger partial charge in [0.1, 0.15) is 6.04 Å². The number of nitrogens with one attached hydrogen (secondary N) is 1. The maximum Gasteiger partial charge on any atom is 0.245 e. The molecule has 1 saturated heterocycles. The molecule has 1 heterocycles. The van der Waals surface area contributed by atoms with Crippen LogP contribution in [0.2, 0.25) is 0 Å². The van der Waals surface area contributed by atoms with E-state index in [2.05, 4.69) is 60.4 Å². The Bertz CT molecular complexity index is 1400. The van der Waals surface area contributed by atoms with Gasteiger partial charge in [-0.1, -0.05) is 73.5 Å². The summed E-state index contributed by atoms with van der Waals surface area (Å²) in [5.74, 6) is -1.49. The lowest BCUT2D eigenvalue weighted by atomic mass is 9.83. The summed E-state index contributed by atoms with van der Waals surface area (Å²) >= 11 is 0. The van der Waals surface area contributed by atoms with Crippen molar-refractivity contribution in [3.05, 3.63) is 84.9 Å². The predicted octanol–water partition coefficient (Wildman–Crippen LogP) is 5.60. The second-order valence-corrected chi connectivity index (χ2v) is 11.4. The molecule has 2 fully saturated rings. The fourth-order valence-corrected chi connectivity index (χ4v) is 5.94. The van der Waals surface area contributed by atoms with Gasteiger partial charge in [-0.05, 0) is 77.6 Å². The first-order valence-electron chi connectivity index (χ1n) is 14.5. The Balaban J connectivity index is 1.30. The molecule has 0 bridgehead atoms. The molecule has 0 aromatic heterocycles. The Morgan fingerprint density at radius 2 is 1.73 bits per heavy atom. The topological polar surface area (TPSA) is 92.5 Å². The summed E-state index contributed by atoms with van der Waals surface area (Å²) in [6.45, 7) is 4.88. The average molecular weight is 538 g/mol. The highest BCUT2D eigenvalue weighted by Gasteiger charge is 2.38. The van der Waals surface area contributed by atoms with Crippen molar-refractivity contribution in [1.29, 1.82) is 0 Å². The van der Waals surface area contributed by atoms with Crippen LogP contribution in [0.1, 0.15) is 50.5 Å². The highest BCUT2D eigenvalue weighted by Crippen LogP contribution is 2.38. The van der Waals surface area contributed by atoms with Crippen LogP contribution in [0.3, 0.4) is 0 Å². The molecule has 0 radical (unpaired) electrons. The van der Waals surface area contributed by atoms with Gasteiger partial charge in [0, 0.05) is 13.1 Å². The number of carbonyl (C=O) groups is 3. The number of likely N-dealkylation sites (tertiary alicyclic amines) is 1. The Hall–Kier alpha value is -3.93. The summed E-state index contributed by atoms with van der Waals surface area (Å²) in [4.78, 5) is 41.2. The van der Waals surface area contributed by atoms with Crippen molar-refractivity contribution in [3.8, 4) is 11.1 Å². The van der Waals surface area contributed by atoms with Crippen LogP contribution in [0, 0.1) is 17.8 Å². The van der Waals surface area contributed by atoms with Crippen LogP contribution in [0.25, 0.3) is 21.9 Å². The highest BCUT2D eigenvalue weighted by molar-refractivity contribution is 5.91. The first-order chi connectivity index (χ1) is 19.4. The number of benzene rings is 3. The van der Waals surface area contributed by atoms with E-state index < -0.39 is 23.8 Å². The molecule has 3 aromatic carbocycles. The molecule has 2 aliphatic rings. The zero-order chi connectivity index (χ0) is 28.1. The number of nitrogens with two attached hydrogens (primary N) is 1. The lowest BCUT2D eigenvalue weighted by Gasteiger charge is -2.28. The molecule has 3 atom stereocenters. The highest BCUT2D eigenvalue weighted by atomic mass is 16.2. The van der Waals surface area contributed by atoms with Gasteiger partial charge in [0.15, 0.2) is 0 Å². The lowest BCUT2D eigenvalue weighted by Crippen LogP contribution is -2.50. The molecular formula is C34H39N3O3. The predicted molar refractivity (Wildman–Crippen MR) is 159 cm³/mol. The van der Waals surface area contributed by atoms with Gasteiger partial charge in [-0.25, -0.2) is 0 Å². The Morgan fingerprint density at radius 3 is 2.48 bits per heavy atom. The molecule has 3 N–H and O–H groups in total. The Kier molecular flexibility index (Phi) is 8.63. The van der Waals surface area contributed by atoms with E-state index in [1.807, 2.05) is 23.1 Å². The second-order valence-electron chi connectivity index (χ2n) is 11.4. The van der Waals surface area contributed by atoms with Crippen molar-refractivity contribution in [2.45, 2.75) is 57.5 Å². The van der Waals surface area contributed by atoms with Gasteiger partial charge in [-0.3, -0.25) is 14.4 Å². The summed E-state index contributed by atoms with van der Waals surface area (Å²) in [6.07, 6.45) is 7.09. The third kappa shape index (κ3) is 6.61. The quantitative estimate of drug-likeness (QED) is 0.312.